The molecule has 4 aromatic rings. The first-order valence-electron chi connectivity index (χ1n) is 36.2. The maximum atomic E-state index is 15.5. The van der Waals surface area contributed by atoms with Gasteiger partial charge < -0.3 is 20.4 Å². The molecule has 0 spiro atoms. The van der Waals surface area contributed by atoms with Crippen molar-refractivity contribution in [2.45, 2.75) is 329 Å². The Labute approximate surface area is 530 Å². The zero-order chi connectivity index (χ0) is 62.4. The van der Waals surface area contributed by atoms with Gasteiger partial charge in [0, 0.05) is 24.8 Å². The van der Waals surface area contributed by atoms with Gasteiger partial charge in [-0.3, -0.25) is 14.4 Å². The van der Waals surface area contributed by atoms with Crippen molar-refractivity contribution in [1.82, 2.24) is 0 Å². The molecule has 0 fully saturated rings. The quantitative estimate of drug-likeness (QED) is 0.0197. The zero-order valence-corrected chi connectivity index (χ0v) is 55.5. The number of aromatic hydroxyl groups is 4. The van der Waals surface area contributed by atoms with E-state index in [2.05, 4.69) is 20.8 Å². The summed E-state index contributed by atoms with van der Waals surface area (Å²) >= 11 is 0. The minimum absolute atomic E-state index is 0.0331. The van der Waals surface area contributed by atoms with Crippen LogP contribution in [0, 0.1) is 0 Å². The van der Waals surface area contributed by atoms with Crippen LogP contribution in [0.15, 0.2) is 78.9 Å². The van der Waals surface area contributed by atoms with Crippen LogP contribution in [0.25, 0.3) is 11.1 Å². The van der Waals surface area contributed by atoms with Gasteiger partial charge in [0.1, 0.15) is 23.0 Å². The van der Waals surface area contributed by atoms with Gasteiger partial charge in [0.05, 0.1) is 11.1 Å². The average Bonchev–Trinajstić information content (AvgIpc) is 3.26. The van der Waals surface area contributed by atoms with Gasteiger partial charge in [-0.2, -0.15) is 0 Å². The summed E-state index contributed by atoms with van der Waals surface area (Å²) in [5.74, 6) is -1.10. The molecule has 4 aromatic carbocycles. The molecule has 87 heavy (non-hydrogen) atoms. The molecule has 0 saturated carbocycles. The van der Waals surface area contributed by atoms with Gasteiger partial charge in [0.2, 0.25) is 0 Å². The molecule has 0 aliphatic rings. The van der Waals surface area contributed by atoms with Crippen molar-refractivity contribution < 1.29 is 34.8 Å². The molecule has 0 bridgehead atoms. The molecule has 4 rings (SSSR count). The summed E-state index contributed by atoms with van der Waals surface area (Å²) in [6.45, 7) is 6.80. The second-order valence-electron chi connectivity index (χ2n) is 25.8. The Morgan fingerprint density at radius 1 is 0.253 bits per heavy atom. The lowest BCUT2D eigenvalue weighted by molar-refractivity contribution is 0.0940. The Balaban J connectivity index is 1.66. The molecule has 7 nitrogen and oxygen atoms in total. The third-order valence-electron chi connectivity index (χ3n) is 18.2. The Morgan fingerprint density at radius 2 is 0.471 bits per heavy atom. The van der Waals surface area contributed by atoms with Crippen LogP contribution in [-0.2, 0) is 0 Å². The highest BCUT2D eigenvalue weighted by molar-refractivity contribution is 6.19. The molecule has 0 aliphatic carbocycles. The van der Waals surface area contributed by atoms with Crippen LogP contribution in [0.3, 0.4) is 0 Å². The van der Waals surface area contributed by atoms with Gasteiger partial charge in [0.25, 0.3) is 0 Å². The molecule has 0 radical (unpaired) electrons. The van der Waals surface area contributed by atoms with Gasteiger partial charge in [-0.15, -0.1) is 0 Å². The maximum absolute atomic E-state index is 15.5. The standard InChI is InChI=1S/C80H122O7/c1-4-7-10-13-16-19-22-25-28-31-34-37-40-43-46-49-73(84)71-64-72(77(67-56-62-70(83)63-57-67)76(65-52-58-68(81)59-53-65)66-54-60-69(82)61-55-66)78(74(85)50-47-44-41-38-35-32-29-26-23-20-17-14-11-8-5-2)79(80(71)87)75(86)51-48-45-42-39-36-33-30-27-24-21-18-15-12-9-6-3/h52-64,81-83,87H,4-51H2,1-3H3. The largest absolute Gasteiger partial charge is 0.508 e. The van der Waals surface area contributed by atoms with Crippen molar-refractivity contribution in [3.05, 3.63) is 118 Å². The van der Waals surface area contributed by atoms with Crippen LogP contribution in [0.2, 0.25) is 0 Å². The summed E-state index contributed by atoms with van der Waals surface area (Å²) in [4.78, 5) is 45.6. The van der Waals surface area contributed by atoms with E-state index in [1.165, 1.54) is 212 Å². The smallest absolute Gasteiger partial charge is 0.167 e. The Hall–Kier alpha value is -5.17. The van der Waals surface area contributed by atoms with Crippen molar-refractivity contribution in [2.24, 2.45) is 0 Å². The zero-order valence-electron chi connectivity index (χ0n) is 55.5. The van der Waals surface area contributed by atoms with Crippen molar-refractivity contribution in [2.75, 3.05) is 0 Å². The summed E-state index contributed by atoms with van der Waals surface area (Å²) in [7, 11) is 0. The Bertz CT molecular complexity index is 2420. The third-order valence-corrected chi connectivity index (χ3v) is 18.2. The van der Waals surface area contributed by atoms with Crippen molar-refractivity contribution in [1.29, 1.82) is 0 Å². The highest BCUT2D eigenvalue weighted by atomic mass is 16.3. The number of carbonyl (C=O) groups excluding carboxylic acids is 3. The number of hydrogen-bond acceptors (Lipinski definition) is 7. The monoisotopic (exact) mass is 1190 g/mol. The van der Waals surface area contributed by atoms with Crippen molar-refractivity contribution >= 4 is 28.5 Å². The third kappa shape index (κ3) is 30.7. The molecule has 4 N–H and O–H groups in total. The summed E-state index contributed by atoms with van der Waals surface area (Å²) in [6, 6.07) is 21.9. The molecule has 0 saturated heterocycles. The molecule has 0 aromatic heterocycles. The fourth-order valence-electron chi connectivity index (χ4n) is 12.8. The van der Waals surface area contributed by atoms with E-state index in [9.17, 15) is 25.2 Å². The summed E-state index contributed by atoms with van der Waals surface area (Å²) < 4.78 is 0. The van der Waals surface area contributed by atoms with Gasteiger partial charge in [0.15, 0.2) is 17.3 Å². The van der Waals surface area contributed by atoms with Gasteiger partial charge in [-0.1, -0.05) is 327 Å². The topological polar surface area (TPSA) is 132 Å². The fraction of sp³-hybridized carbons (Fsp3) is 0.637. The lowest BCUT2D eigenvalue weighted by Crippen LogP contribution is -2.17. The number of benzene rings is 4. The van der Waals surface area contributed by atoms with Crippen LogP contribution in [-0.4, -0.2) is 37.8 Å². The molecular weight excluding hydrogens is 1070 g/mol. The van der Waals surface area contributed by atoms with E-state index in [-0.39, 0.29) is 70.6 Å². The maximum Gasteiger partial charge on any atom is 0.167 e. The first kappa shape index (κ1) is 74.3. The van der Waals surface area contributed by atoms with E-state index in [0.717, 1.165) is 57.8 Å². The highest BCUT2D eigenvalue weighted by Crippen LogP contribution is 2.44. The predicted molar refractivity (Wildman–Crippen MR) is 369 cm³/mol. The molecule has 7 heteroatoms. The van der Waals surface area contributed by atoms with Gasteiger partial charge in [-0.05, 0) is 95.1 Å². The number of Topliss-reactive ketones (excluding diaryl/α,β-unsaturated/α-hetero) is 3. The van der Waals surface area contributed by atoms with E-state index in [4.69, 9.17) is 0 Å². The van der Waals surface area contributed by atoms with E-state index >= 15 is 9.59 Å². The second-order valence-corrected chi connectivity index (χ2v) is 25.8. The summed E-state index contributed by atoms with van der Waals surface area (Å²) in [5, 5.41) is 44.6. The lowest BCUT2D eigenvalue weighted by atomic mass is 9.79. The molecule has 0 heterocycles. The minimum atomic E-state index is -0.406. The van der Waals surface area contributed by atoms with E-state index in [0.29, 0.717) is 52.7 Å². The SMILES string of the molecule is CCCCCCCCCCCCCCCCCC(=O)c1cc(C(=C(c2ccc(O)cc2)c2ccc(O)cc2)c2ccc(O)cc2)c(C(=O)CCCCCCCCCCCCCCCCC)c(C(=O)CCCCCCCCCCCCCCCCC)c1O. The van der Waals surface area contributed by atoms with Crippen molar-refractivity contribution in [3.63, 3.8) is 0 Å². The number of hydrogen-bond donors (Lipinski definition) is 4. The Kier molecular flexibility index (Phi) is 40.8. The number of ketones is 3. The number of rotatable bonds is 55. The van der Waals surface area contributed by atoms with Crippen molar-refractivity contribution in [3.8, 4) is 23.0 Å². The predicted octanol–water partition coefficient (Wildman–Crippen LogP) is 24.8. The molecule has 0 atom stereocenters. The van der Waals surface area contributed by atoms with Crippen LogP contribution >= 0.6 is 0 Å². The summed E-state index contributed by atoms with van der Waals surface area (Å²) in [6.07, 6.45) is 54.3. The second kappa shape index (κ2) is 47.8. The minimum Gasteiger partial charge on any atom is -0.508 e. The van der Waals surface area contributed by atoms with Crippen LogP contribution in [0.1, 0.15) is 382 Å². The molecule has 0 aliphatic heterocycles. The van der Waals surface area contributed by atoms with E-state index in [1.54, 1.807) is 78.9 Å². The average molecular weight is 1200 g/mol. The van der Waals surface area contributed by atoms with Crippen LogP contribution < -0.4 is 0 Å². The number of phenols is 4. The van der Waals surface area contributed by atoms with Gasteiger partial charge in [-0.25, -0.2) is 0 Å². The highest BCUT2D eigenvalue weighted by Gasteiger charge is 2.32. The van der Waals surface area contributed by atoms with Gasteiger partial charge >= 0.3 is 0 Å². The lowest BCUT2D eigenvalue weighted by Gasteiger charge is -2.24. The van der Waals surface area contributed by atoms with Crippen LogP contribution in [0.4, 0.5) is 0 Å². The number of unbranched alkanes of at least 4 members (excludes halogenated alkanes) is 42. The first-order valence-corrected chi connectivity index (χ1v) is 36.2. The fourth-order valence-corrected chi connectivity index (χ4v) is 12.8. The number of phenolic OH excluding ortho intramolecular Hbond substituents is 4. The molecule has 0 unspecified atom stereocenters. The normalized spacial score (nSPS) is 11.4. The molecule has 484 valence electrons. The van der Waals surface area contributed by atoms with E-state index in [1.807, 2.05) is 0 Å². The van der Waals surface area contributed by atoms with E-state index < -0.39 is 5.75 Å². The molecular formula is C80H122O7. The number of carbonyl (C=O) groups is 3. The molecule has 0 amide bonds. The van der Waals surface area contributed by atoms with Crippen LogP contribution in [0.5, 0.6) is 23.0 Å². The Morgan fingerprint density at radius 3 is 0.736 bits per heavy atom. The first-order chi connectivity index (χ1) is 42.6. The summed E-state index contributed by atoms with van der Waals surface area (Å²) in [5.41, 5.74) is 3.53.